The van der Waals surface area contributed by atoms with Crippen molar-refractivity contribution >= 4 is 23.7 Å². The van der Waals surface area contributed by atoms with Gasteiger partial charge in [0.2, 0.25) is 17.7 Å². The van der Waals surface area contributed by atoms with Gasteiger partial charge in [-0.15, -0.1) is 0 Å². The number of nitrogens with one attached hydrogen (secondary N) is 3. The summed E-state index contributed by atoms with van der Waals surface area (Å²) in [5.41, 5.74) is 0. The van der Waals surface area contributed by atoms with E-state index in [4.69, 9.17) is 24.1 Å². The molecule has 0 aromatic heterocycles. The van der Waals surface area contributed by atoms with Crippen molar-refractivity contribution in [1.29, 1.82) is 0 Å². The number of carbonyl (C=O) groups excluding carboxylic acids is 3. The molecule has 0 spiro atoms. The summed E-state index contributed by atoms with van der Waals surface area (Å²) >= 11 is 0. The lowest BCUT2D eigenvalue weighted by Crippen LogP contribution is -2.31. The van der Waals surface area contributed by atoms with Crippen molar-refractivity contribution in [2.75, 3.05) is 72.5 Å². The van der Waals surface area contributed by atoms with Gasteiger partial charge in [0.25, 0.3) is 0 Å². The zero-order valence-corrected chi connectivity index (χ0v) is 20.4. The summed E-state index contributed by atoms with van der Waals surface area (Å²) in [6.07, 6.45) is 2.48. The van der Waals surface area contributed by atoms with Crippen LogP contribution in [0.1, 0.15) is 39.5 Å². The highest BCUT2D eigenvalue weighted by atomic mass is 16.5. The number of ether oxygens (including phenoxy) is 4. The molecular formula is C22H41N3O9. The van der Waals surface area contributed by atoms with Crippen molar-refractivity contribution in [2.24, 2.45) is 5.92 Å². The summed E-state index contributed by atoms with van der Waals surface area (Å²) in [6.45, 7) is 6.42. The molecule has 12 heteroatoms. The van der Waals surface area contributed by atoms with Gasteiger partial charge in [-0.25, -0.2) is 0 Å². The van der Waals surface area contributed by atoms with Crippen LogP contribution >= 0.6 is 0 Å². The van der Waals surface area contributed by atoms with Crippen LogP contribution in [0.2, 0.25) is 0 Å². The maximum Gasteiger partial charge on any atom is 0.306 e. The lowest BCUT2D eigenvalue weighted by molar-refractivity contribution is -0.141. The largest absolute Gasteiger partial charge is 0.481 e. The van der Waals surface area contributed by atoms with E-state index in [1.165, 1.54) is 0 Å². The first-order valence-electron chi connectivity index (χ1n) is 11.7. The van der Waals surface area contributed by atoms with Crippen LogP contribution in [-0.2, 0) is 38.1 Å². The van der Waals surface area contributed by atoms with Gasteiger partial charge in [0.15, 0.2) is 0 Å². The molecule has 0 rings (SSSR count). The summed E-state index contributed by atoms with van der Waals surface area (Å²) in [6, 6.07) is 0. The normalized spacial score (nSPS) is 11.6. The number of hydrogen-bond donors (Lipinski definition) is 4. The van der Waals surface area contributed by atoms with E-state index in [1.807, 2.05) is 0 Å². The maximum absolute atomic E-state index is 11.6. The number of carbonyl (C=O) groups is 4. The number of unbranched alkanes of at least 4 members (excludes halogenated alkanes) is 1. The average molecular weight is 492 g/mol. The van der Waals surface area contributed by atoms with Crippen molar-refractivity contribution in [3.63, 3.8) is 0 Å². The van der Waals surface area contributed by atoms with E-state index >= 15 is 0 Å². The summed E-state index contributed by atoms with van der Waals surface area (Å²) in [7, 11) is 0. The molecule has 0 aromatic rings. The zero-order valence-electron chi connectivity index (χ0n) is 20.4. The molecule has 3 amide bonds. The zero-order chi connectivity index (χ0) is 25.4. The Kier molecular flexibility index (Phi) is 21.0. The van der Waals surface area contributed by atoms with E-state index < -0.39 is 5.97 Å². The molecule has 0 heterocycles. The Labute approximate surface area is 201 Å². The first-order valence-corrected chi connectivity index (χ1v) is 11.7. The molecule has 34 heavy (non-hydrogen) atoms. The minimum absolute atomic E-state index is 0.0232. The minimum atomic E-state index is -0.805. The summed E-state index contributed by atoms with van der Waals surface area (Å²) < 4.78 is 21.0. The molecule has 0 radical (unpaired) electrons. The average Bonchev–Trinajstić information content (AvgIpc) is 2.81. The van der Waals surface area contributed by atoms with Gasteiger partial charge in [-0.3, -0.25) is 19.2 Å². The number of rotatable bonds is 23. The van der Waals surface area contributed by atoms with Crippen LogP contribution in [0, 0.1) is 5.92 Å². The molecule has 0 aliphatic carbocycles. The van der Waals surface area contributed by atoms with Crippen LogP contribution in [-0.4, -0.2) is 101 Å². The Morgan fingerprint density at radius 3 is 1.65 bits per heavy atom. The highest BCUT2D eigenvalue weighted by Crippen LogP contribution is 2.06. The second kappa shape index (κ2) is 22.5. The Bertz CT molecular complexity index is 576. The van der Waals surface area contributed by atoms with Crippen molar-refractivity contribution in [1.82, 2.24) is 16.0 Å². The van der Waals surface area contributed by atoms with Gasteiger partial charge in [0, 0.05) is 26.1 Å². The Hall–Kier alpha value is -2.28. The molecule has 4 N–H and O–H groups in total. The third kappa shape index (κ3) is 21.6. The number of aliphatic carboxylic acids is 1. The van der Waals surface area contributed by atoms with Crippen LogP contribution < -0.4 is 16.0 Å². The molecule has 0 saturated carbocycles. The van der Waals surface area contributed by atoms with E-state index in [9.17, 15) is 19.2 Å². The molecule has 12 nitrogen and oxygen atoms in total. The third-order valence-corrected chi connectivity index (χ3v) is 4.48. The van der Waals surface area contributed by atoms with Crippen molar-refractivity contribution < 1.29 is 43.2 Å². The van der Waals surface area contributed by atoms with Gasteiger partial charge in [0.05, 0.1) is 45.6 Å². The fourth-order valence-corrected chi connectivity index (χ4v) is 2.45. The van der Waals surface area contributed by atoms with Crippen LogP contribution in [0.3, 0.4) is 0 Å². The maximum atomic E-state index is 11.6. The Morgan fingerprint density at radius 2 is 1.15 bits per heavy atom. The second-order valence-corrected chi connectivity index (χ2v) is 7.47. The first kappa shape index (κ1) is 31.7. The minimum Gasteiger partial charge on any atom is -0.481 e. The number of amides is 3. The molecule has 1 atom stereocenters. The van der Waals surface area contributed by atoms with Gasteiger partial charge < -0.3 is 40.0 Å². The third-order valence-electron chi connectivity index (χ3n) is 4.48. The first-order chi connectivity index (χ1) is 16.4. The SMILES string of the molecule is CCC(=O)NCCOCCOCC(=O)NCCOCCOCC(=O)NCCCC[C@H](C)C(=O)O. The smallest absolute Gasteiger partial charge is 0.306 e. The van der Waals surface area contributed by atoms with Gasteiger partial charge in [-0.05, 0) is 12.8 Å². The summed E-state index contributed by atoms with van der Waals surface area (Å²) in [5, 5.41) is 16.8. The molecule has 198 valence electrons. The number of carboxylic acids is 1. The van der Waals surface area contributed by atoms with E-state index in [2.05, 4.69) is 16.0 Å². The molecule has 0 bridgehead atoms. The topological polar surface area (TPSA) is 162 Å². The monoisotopic (exact) mass is 491 g/mol. The van der Waals surface area contributed by atoms with Crippen molar-refractivity contribution in [2.45, 2.75) is 39.5 Å². The van der Waals surface area contributed by atoms with Crippen molar-refractivity contribution in [3.8, 4) is 0 Å². The fraction of sp³-hybridized carbons (Fsp3) is 0.818. The van der Waals surface area contributed by atoms with E-state index in [-0.39, 0.29) is 50.1 Å². The summed E-state index contributed by atoms with van der Waals surface area (Å²) in [5.74, 6) is -1.69. The standard InChI is InChI=1S/C22H41N3O9/c1-3-19(26)24-8-10-31-12-15-34-17-21(28)25-9-11-32-13-14-33-16-20(27)23-7-5-4-6-18(2)22(29)30/h18H,3-17H2,1-2H3,(H,23,27)(H,24,26)(H,25,28)(H,29,30)/t18-/m0/s1. The van der Waals surface area contributed by atoms with Crippen LogP contribution in [0.5, 0.6) is 0 Å². The molecule has 0 aliphatic rings. The molecule has 0 fully saturated rings. The second-order valence-electron chi connectivity index (χ2n) is 7.47. The predicted molar refractivity (Wildman–Crippen MR) is 123 cm³/mol. The highest BCUT2D eigenvalue weighted by molar-refractivity contribution is 5.77. The molecule has 0 saturated heterocycles. The van der Waals surface area contributed by atoms with Crippen LogP contribution in [0.15, 0.2) is 0 Å². The number of carboxylic acid groups (broad SMARTS) is 1. The van der Waals surface area contributed by atoms with E-state index in [1.54, 1.807) is 13.8 Å². The molecular weight excluding hydrogens is 450 g/mol. The Morgan fingerprint density at radius 1 is 0.676 bits per heavy atom. The van der Waals surface area contributed by atoms with Crippen LogP contribution in [0.4, 0.5) is 0 Å². The highest BCUT2D eigenvalue weighted by Gasteiger charge is 2.09. The predicted octanol–water partition coefficient (Wildman–Crippen LogP) is -0.298. The molecule has 0 aliphatic heterocycles. The van der Waals surface area contributed by atoms with Gasteiger partial charge >= 0.3 is 5.97 Å². The quantitative estimate of drug-likeness (QED) is 0.141. The van der Waals surface area contributed by atoms with Gasteiger partial charge in [-0.2, -0.15) is 0 Å². The lowest BCUT2D eigenvalue weighted by Gasteiger charge is -2.09. The van der Waals surface area contributed by atoms with E-state index in [0.717, 1.165) is 12.8 Å². The van der Waals surface area contributed by atoms with Crippen LogP contribution in [0.25, 0.3) is 0 Å². The van der Waals surface area contributed by atoms with Gasteiger partial charge in [0.1, 0.15) is 13.2 Å². The fourth-order valence-electron chi connectivity index (χ4n) is 2.45. The lowest BCUT2D eigenvalue weighted by atomic mass is 10.0. The van der Waals surface area contributed by atoms with Crippen molar-refractivity contribution in [3.05, 3.63) is 0 Å². The Balaban J connectivity index is 3.35. The summed E-state index contributed by atoms with van der Waals surface area (Å²) in [4.78, 5) is 44.9. The van der Waals surface area contributed by atoms with Gasteiger partial charge in [-0.1, -0.05) is 20.3 Å². The molecule has 0 unspecified atom stereocenters. The van der Waals surface area contributed by atoms with E-state index in [0.29, 0.717) is 58.9 Å². The molecule has 0 aromatic carbocycles. The number of hydrogen-bond acceptors (Lipinski definition) is 8.